The van der Waals surface area contributed by atoms with Gasteiger partial charge in [0.1, 0.15) is 0 Å². The molecule has 2 fully saturated rings. The minimum Gasteiger partial charge on any atom is -0.350 e. The lowest BCUT2D eigenvalue weighted by Crippen LogP contribution is -2.43. The third-order valence-corrected chi connectivity index (χ3v) is 6.26. The third-order valence-electron chi connectivity index (χ3n) is 5.93. The summed E-state index contributed by atoms with van der Waals surface area (Å²) in [5, 5.41) is 3.39. The predicted molar refractivity (Wildman–Crippen MR) is 118 cm³/mol. The lowest BCUT2D eigenvalue weighted by Gasteiger charge is -2.34. The molecule has 1 N–H and O–H groups in total. The van der Waals surface area contributed by atoms with Crippen molar-refractivity contribution in [1.82, 2.24) is 10.2 Å². The van der Waals surface area contributed by atoms with Gasteiger partial charge in [0.15, 0.2) is 6.29 Å². The summed E-state index contributed by atoms with van der Waals surface area (Å²) in [6.07, 6.45) is 1.78. The molecule has 31 heavy (non-hydrogen) atoms. The summed E-state index contributed by atoms with van der Waals surface area (Å²) in [4.78, 5) is 27.8. The largest absolute Gasteiger partial charge is 0.350 e. The van der Waals surface area contributed by atoms with Gasteiger partial charge in [0.25, 0.3) is 5.91 Å². The molecule has 0 saturated carbocycles. The van der Waals surface area contributed by atoms with E-state index in [1.54, 1.807) is 24.3 Å². The van der Waals surface area contributed by atoms with Crippen molar-refractivity contribution in [2.75, 3.05) is 26.3 Å². The normalized spacial score (nSPS) is 18.7. The lowest BCUT2D eigenvalue weighted by molar-refractivity contribution is -0.137. The number of halogens is 1. The first kappa shape index (κ1) is 21.8. The second-order valence-corrected chi connectivity index (χ2v) is 8.36. The minimum absolute atomic E-state index is 0.0278. The van der Waals surface area contributed by atoms with Crippen LogP contribution in [0.2, 0.25) is 5.02 Å². The van der Waals surface area contributed by atoms with E-state index in [1.807, 2.05) is 35.2 Å². The number of nitrogens with one attached hydrogen (secondary N) is 1. The topological polar surface area (TPSA) is 67.9 Å². The van der Waals surface area contributed by atoms with Crippen LogP contribution in [-0.2, 0) is 14.3 Å². The van der Waals surface area contributed by atoms with Gasteiger partial charge in [-0.2, -0.15) is 0 Å². The molecule has 0 radical (unpaired) electrons. The molecule has 4 rings (SSSR count). The van der Waals surface area contributed by atoms with Crippen LogP contribution in [0.15, 0.2) is 54.6 Å². The highest BCUT2D eigenvalue weighted by atomic mass is 35.5. The van der Waals surface area contributed by atoms with Crippen molar-refractivity contribution >= 4 is 23.4 Å². The molecular formula is C24H27ClN2O4. The zero-order valence-electron chi connectivity index (χ0n) is 17.3. The van der Waals surface area contributed by atoms with Gasteiger partial charge in [-0.15, -0.1) is 0 Å². The van der Waals surface area contributed by atoms with Crippen molar-refractivity contribution in [3.63, 3.8) is 0 Å². The van der Waals surface area contributed by atoms with Crippen molar-refractivity contribution < 1.29 is 19.1 Å². The van der Waals surface area contributed by atoms with Gasteiger partial charge in [0.2, 0.25) is 5.91 Å². The second-order valence-electron chi connectivity index (χ2n) is 7.95. The summed E-state index contributed by atoms with van der Waals surface area (Å²) in [5.74, 6) is 0.0675. The molecule has 2 saturated heterocycles. The number of carbonyl (C=O) groups excluding carboxylic acids is 2. The Balaban J connectivity index is 1.41. The Labute approximate surface area is 187 Å². The number of likely N-dealkylation sites (tertiary alicyclic amines) is 1. The van der Waals surface area contributed by atoms with Gasteiger partial charge < -0.3 is 19.7 Å². The number of hydrogen-bond acceptors (Lipinski definition) is 4. The van der Waals surface area contributed by atoms with Crippen molar-refractivity contribution in [3.05, 3.63) is 70.7 Å². The van der Waals surface area contributed by atoms with Crippen LogP contribution in [0.25, 0.3) is 0 Å². The average Bonchev–Trinajstić information content (AvgIpc) is 3.34. The molecule has 164 valence electrons. The highest BCUT2D eigenvalue weighted by molar-refractivity contribution is 6.33. The monoisotopic (exact) mass is 442 g/mol. The molecule has 0 spiro atoms. The van der Waals surface area contributed by atoms with Crippen molar-refractivity contribution in [2.24, 2.45) is 5.92 Å². The standard InChI is InChI=1S/C24H27ClN2O4/c25-20-9-5-4-8-19(20)23(29)26-21(17-6-2-1-3-7-17)16-22(28)27-12-10-18(11-13-27)24-30-14-15-31-24/h1-9,18,21,24H,10-16H2,(H,26,29). The van der Waals surface area contributed by atoms with Gasteiger partial charge in [-0.25, -0.2) is 0 Å². The second kappa shape index (κ2) is 10.3. The number of piperidine rings is 1. The zero-order valence-corrected chi connectivity index (χ0v) is 18.1. The molecule has 2 aliphatic rings. The van der Waals surface area contributed by atoms with Gasteiger partial charge in [0.05, 0.1) is 36.3 Å². The summed E-state index contributed by atoms with van der Waals surface area (Å²) in [7, 11) is 0. The summed E-state index contributed by atoms with van der Waals surface area (Å²) in [6, 6.07) is 16.0. The molecule has 1 atom stereocenters. The number of rotatable bonds is 6. The van der Waals surface area contributed by atoms with Crippen LogP contribution in [0, 0.1) is 5.92 Å². The molecule has 2 aromatic carbocycles. The lowest BCUT2D eigenvalue weighted by atomic mass is 9.95. The fourth-order valence-corrected chi connectivity index (χ4v) is 4.41. The number of amides is 2. The van der Waals surface area contributed by atoms with E-state index in [0.717, 1.165) is 18.4 Å². The summed E-state index contributed by atoms with van der Waals surface area (Å²) in [5.41, 5.74) is 1.29. The maximum atomic E-state index is 13.1. The molecule has 1 unspecified atom stereocenters. The molecule has 0 aliphatic carbocycles. The van der Waals surface area contributed by atoms with Crippen LogP contribution in [0.4, 0.5) is 0 Å². The van der Waals surface area contributed by atoms with E-state index in [2.05, 4.69) is 5.32 Å². The number of carbonyl (C=O) groups is 2. The molecule has 0 aromatic heterocycles. The van der Waals surface area contributed by atoms with E-state index >= 15 is 0 Å². The van der Waals surface area contributed by atoms with Crippen molar-refractivity contribution in [3.8, 4) is 0 Å². The van der Waals surface area contributed by atoms with Gasteiger partial charge in [-0.05, 0) is 30.5 Å². The van der Waals surface area contributed by atoms with E-state index in [9.17, 15) is 9.59 Å². The Kier molecular flexibility index (Phi) is 7.22. The summed E-state index contributed by atoms with van der Waals surface area (Å²) in [6.45, 7) is 2.64. The Morgan fingerprint density at radius 2 is 1.65 bits per heavy atom. The van der Waals surface area contributed by atoms with Gasteiger partial charge in [0, 0.05) is 19.0 Å². The molecule has 7 heteroatoms. The fraction of sp³-hybridized carbons (Fsp3) is 0.417. The number of ether oxygens (including phenoxy) is 2. The van der Waals surface area contributed by atoms with E-state index < -0.39 is 6.04 Å². The quantitative estimate of drug-likeness (QED) is 0.738. The van der Waals surface area contributed by atoms with Crippen LogP contribution < -0.4 is 5.32 Å². The number of nitrogens with zero attached hydrogens (tertiary/aromatic N) is 1. The Hall–Kier alpha value is -2.41. The Bertz CT molecular complexity index is 893. The minimum atomic E-state index is -0.434. The van der Waals surface area contributed by atoms with E-state index in [1.165, 1.54) is 0 Å². The first-order valence-electron chi connectivity index (χ1n) is 10.7. The molecule has 0 bridgehead atoms. The fourth-order valence-electron chi connectivity index (χ4n) is 4.19. The molecular weight excluding hydrogens is 416 g/mol. The Morgan fingerprint density at radius 3 is 2.32 bits per heavy atom. The van der Waals surface area contributed by atoms with Crippen LogP contribution in [0.5, 0.6) is 0 Å². The predicted octanol–water partition coefficient (Wildman–Crippen LogP) is 3.81. The van der Waals surface area contributed by atoms with E-state index in [0.29, 0.717) is 42.8 Å². The zero-order chi connectivity index (χ0) is 21.6. The number of hydrogen-bond donors (Lipinski definition) is 1. The van der Waals surface area contributed by atoms with Crippen LogP contribution in [-0.4, -0.2) is 49.3 Å². The maximum absolute atomic E-state index is 13.1. The van der Waals surface area contributed by atoms with Gasteiger partial charge in [-0.1, -0.05) is 54.1 Å². The third kappa shape index (κ3) is 5.45. The SMILES string of the molecule is O=C(NC(CC(=O)N1CCC(C2OCCO2)CC1)c1ccccc1)c1ccccc1Cl. The van der Waals surface area contributed by atoms with Crippen molar-refractivity contribution in [1.29, 1.82) is 0 Å². The number of benzene rings is 2. The first-order chi connectivity index (χ1) is 15.1. The molecule has 2 heterocycles. The van der Waals surface area contributed by atoms with Crippen LogP contribution in [0.1, 0.15) is 41.2 Å². The van der Waals surface area contributed by atoms with Crippen molar-refractivity contribution in [2.45, 2.75) is 31.6 Å². The maximum Gasteiger partial charge on any atom is 0.253 e. The van der Waals surface area contributed by atoms with Gasteiger partial charge >= 0.3 is 0 Å². The highest BCUT2D eigenvalue weighted by Gasteiger charge is 2.32. The molecule has 2 amide bonds. The van der Waals surface area contributed by atoms with E-state index in [-0.39, 0.29) is 24.5 Å². The van der Waals surface area contributed by atoms with Crippen LogP contribution in [0.3, 0.4) is 0 Å². The Morgan fingerprint density at radius 1 is 1.00 bits per heavy atom. The van der Waals surface area contributed by atoms with E-state index in [4.69, 9.17) is 21.1 Å². The molecule has 2 aliphatic heterocycles. The first-order valence-corrected chi connectivity index (χ1v) is 11.1. The summed E-state index contributed by atoms with van der Waals surface area (Å²) < 4.78 is 11.2. The highest BCUT2D eigenvalue weighted by Crippen LogP contribution is 2.27. The smallest absolute Gasteiger partial charge is 0.253 e. The van der Waals surface area contributed by atoms with Gasteiger partial charge in [-0.3, -0.25) is 9.59 Å². The molecule has 2 aromatic rings. The average molecular weight is 443 g/mol. The van der Waals surface area contributed by atoms with Crippen LogP contribution >= 0.6 is 11.6 Å². The molecule has 6 nitrogen and oxygen atoms in total. The summed E-state index contributed by atoms with van der Waals surface area (Å²) >= 11 is 6.19.